The zero-order chi connectivity index (χ0) is 26.8. The molecule has 4 heterocycles. The molecular weight excluding hydrogens is 456 g/mol. The highest BCUT2D eigenvalue weighted by molar-refractivity contribution is 5.12. The first-order valence-electron chi connectivity index (χ1n) is 16.0. The minimum absolute atomic E-state index is 0.0241. The third-order valence-corrected chi connectivity index (χ3v) is 10.0. The van der Waals surface area contributed by atoms with Crippen molar-refractivity contribution in [2.75, 3.05) is 32.8 Å². The Hall–Kier alpha value is -0.420. The summed E-state index contributed by atoms with van der Waals surface area (Å²) in [5.74, 6) is 2.81. The zero-order valence-corrected chi connectivity index (χ0v) is 25.7. The normalized spacial score (nSPS) is 34.2. The van der Waals surface area contributed by atoms with Crippen molar-refractivity contribution in [3.63, 3.8) is 0 Å². The lowest BCUT2D eigenvalue weighted by atomic mass is 9.68. The molecule has 2 bridgehead atoms. The first kappa shape index (κ1) is 29.6. The molecule has 2 spiro atoms. The van der Waals surface area contributed by atoms with Gasteiger partial charge in [0.1, 0.15) is 0 Å². The van der Waals surface area contributed by atoms with E-state index >= 15 is 0 Å². The van der Waals surface area contributed by atoms with Gasteiger partial charge in [0, 0.05) is 31.1 Å². The minimum Gasteiger partial charge on any atom is -0.349 e. The summed E-state index contributed by atoms with van der Waals surface area (Å²) in [5.41, 5.74) is 2.42. The predicted octanol–water partition coefficient (Wildman–Crippen LogP) is 7.53. The second-order valence-corrected chi connectivity index (χ2v) is 14.9. The Morgan fingerprint density at radius 3 is 1.95 bits per heavy atom. The number of ether oxygens (including phenoxy) is 2. The van der Waals surface area contributed by atoms with Crippen LogP contribution in [0.25, 0.3) is 0 Å². The maximum absolute atomic E-state index is 6.34. The molecule has 5 aliphatic rings. The van der Waals surface area contributed by atoms with Gasteiger partial charge in [-0.05, 0) is 94.0 Å². The van der Waals surface area contributed by atoms with Gasteiger partial charge in [-0.2, -0.15) is 0 Å². The van der Waals surface area contributed by atoms with Crippen molar-refractivity contribution in [1.29, 1.82) is 0 Å². The molecule has 0 radical (unpaired) electrons. The summed E-state index contributed by atoms with van der Waals surface area (Å²) in [6.07, 6.45) is 14.7. The minimum atomic E-state index is 0.0241. The van der Waals surface area contributed by atoms with Crippen LogP contribution in [0.5, 0.6) is 0 Å². The van der Waals surface area contributed by atoms with Crippen LogP contribution < -0.4 is 0 Å². The second kappa shape index (κ2) is 12.4. The van der Waals surface area contributed by atoms with Gasteiger partial charge in [-0.25, -0.2) is 0 Å². The van der Waals surface area contributed by atoms with E-state index in [1.54, 1.807) is 5.57 Å². The topological polar surface area (TPSA) is 24.9 Å². The van der Waals surface area contributed by atoms with Crippen LogP contribution in [0.1, 0.15) is 113 Å². The van der Waals surface area contributed by atoms with Crippen LogP contribution in [0.4, 0.5) is 0 Å². The second-order valence-electron chi connectivity index (χ2n) is 14.9. The lowest BCUT2D eigenvalue weighted by Crippen LogP contribution is -2.53. The molecular formula is C33H60N2O2. The SMILES string of the molecule is CC(C)CN1C2CCC1CC1(COC(C(C)C)O1)C2.CC(C)CN1CCC2(CC=C(C(C)C)CC2)CC1. The maximum Gasteiger partial charge on any atom is 0.160 e. The summed E-state index contributed by atoms with van der Waals surface area (Å²) >= 11 is 0. The predicted molar refractivity (Wildman–Crippen MR) is 156 cm³/mol. The van der Waals surface area contributed by atoms with Gasteiger partial charge >= 0.3 is 0 Å². The van der Waals surface area contributed by atoms with Gasteiger partial charge in [0.15, 0.2) is 6.29 Å². The van der Waals surface area contributed by atoms with Crippen molar-refractivity contribution >= 4 is 0 Å². The quantitative estimate of drug-likeness (QED) is 0.341. The largest absolute Gasteiger partial charge is 0.349 e. The number of fused-ring (bicyclic) bond motifs is 2. The highest BCUT2D eigenvalue weighted by Gasteiger charge is 2.53. The summed E-state index contributed by atoms with van der Waals surface area (Å²) in [4.78, 5) is 5.43. The molecule has 214 valence electrons. The fourth-order valence-electron chi connectivity index (χ4n) is 7.87. The van der Waals surface area contributed by atoms with Crippen molar-refractivity contribution in [3.8, 4) is 0 Å². The van der Waals surface area contributed by atoms with Crippen LogP contribution >= 0.6 is 0 Å². The number of nitrogens with zero attached hydrogens (tertiary/aromatic N) is 2. The monoisotopic (exact) mass is 516 g/mol. The van der Waals surface area contributed by atoms with E-state index in [4.69, 9.17) is 9.47 Å². The first-order valence-corrected chi connectivity index (χ1v) is 16.0. The first-order chi connectivity index (χ1) is 17.5. The Kier molecular flexibility index (Phi) is 9.91. The molecule has 5 rings (SSSR count). The van der Waals surface area contributed by atoms with Crippen LogP contribution in [0, 0.1) is 29.1 Å². The molecule has 3 atom stereocenters. The van der Waals surface area contributed by atoms with Crippen molar-refractivity contribution in [2.45, 2.75) is 137 Å². The number of likely N-dealkylation sites (tertiary alicyclic amines) is 1. The summed E-state index contributed by atoms with van der Waals surface area (Å²) in [5, 5.41) is 0. The molecule has 4 heteroatoms. The van der Waals surface area contributed by atoms with Gasteiger partial charge < -0.3 is 14.4 Å². The standard InChI is InChI=1S/C17H31N.C16H29NO2/c1-14(2)13-18-11-9-17(10-12-18)7-5-16(6-8-17)15(3)4;1-11(2)9-17-13-5-6-14(17)8-16(7-13)10-18-15(19-16)12(3)4/h5,14-15H,6-13H2,1-4H3;11-15H,5-10H2,1-4H3. The molecule has 0 saturated carbocycles. The van der Waals surface area contributed by atoms with E-state index in [-0.39, 0.29) is 11.9 Å². The summed E-state index contributed by atoms with van der Waals surface area (Å²) in [6.45, 7) is 24.4. The van der Waals surface area contributed by atoms with E-state index in [1.807, 2.05) is 0 Å². The summed E-state index contributed by atoms with van der Waals surface area (Å²) in [7, 11) is 0. The van der Waals surface area contributed by atoms with E-state index in [9.17, 15) is 0 Å². The molecule has 0 aromatic heterocycles. The van der Waals surface area contributed by atoms with Gasteiger partial charge in [-0.1, -0.05) is 67.0 Å². The maximum atomic E-state index is 6.34. The van der Waals surface area contributed by atoms with Crippen LogP contribution in [0.15, 0.2) is 11.6 Å². The Morgan fingerprint density at radius 1 is 0.865 bits per heavy atom. The molecule has 4 fully saturated rings. The van der Waals surface area contributed by atoms with E-state index in [0.717, 1.165) is 36.4 Å². The zero-order valence-electron chi connectivity index (χ0n) is 25.7. The highest BCUT2D eigenvalue weighted by atomic mass is 16.7. The number of allylic oxidation sites excluding steroid dienone is 2. The fourth-order valence-corrected chi connectivity index (χ4v) is 7.87. The molecule has 4 aliphatic heterocycles. The number of rotatable bonds is 6. The molecule has 37 heavy (non-hydrogen) atoms. The van der Waals surface area contributed by atoms with Crippen molar-refractivity contribution in [1.82, 2.24) is 9.80 Å². The van der Waals surface area contributed by atoms with E-state index < -0.39 is 0 Å². The molecule has 1 aliphatic carbocycles. The van der Waals surface area contributed by atoms with Gasteiger partial charge in [-0.15, -0.1) is 0 Å². The van der Waals surface area contributed by atoms with Crippen molar-refractivity contribution < 1.29 is 9.47 Å². The highest BCUT2D eigenvalue weighted by Crippen LogP contribution is 2.47. The van der Waals surface area contributed by atoms with Crippen LogP contribution in [0.3, 0.4) is 0 Å². The Balaban J connectivity index is 0.000000173. The van der Waals surface area contributed by atoms with Crippen molar-refractivity contribution in [2.24, 2.45) is 29.1 Å². The Bertz CT molecular complexity index is 735. The third-order valence-electron chi connectivity index (χ3n) is 10.0. The average Bonchev–Trinajstić information content (AvgIpc) is 3.34. The lowest BCUT2D eigenvalue weighted by Gasteiger charge is -2.44. The molecule has 3 unspecified atom stereocenters. The number of hydrogen-bond acceptors (Lipinski definition) is 4. The smallest absolute Gasteiger partial charge is 0.160 e. The summed E-state index contributed by atoms with van der Waals surface area (Å²) in [6, 6.07) is 1.46. The number of hydrogen-bond donors (Lipinski definition) is 0. The molecule has 0 N–H and O–H groups in total. The number of piperidine rings is 2. The fraction of sp³-hybridized carbons (Fsp3) is 0.939. The van der Waals surface area contributed by atoms with Crippen LogP contribution in [-0.4, -0.2) is 66.6 Å². The third kappa shape index (κ3) is 7.41. The van der Waals surface area contributed by atoms with Gasteiger partial charge in [0.25, 0.3) is 0 Å². The molecule has 0 amide bonds. The van der Waals surface area contributed by atoms with E-state index in [0.29, 0.717) is 11.3 Å². The lowest BCUT2D eigenvalue weighted by molar-refractivity contribution is -0.136. The van der Waals surface area contributed by atoms with Gasteiger partial charge in [0.05, 0.1) is 12.2 Å². The Morgan fingerprint density at radius 2 is 1.49 bits per heavy atom. The van der Waals surface area contributed by atoms with E-state index in [2.05, 4.69) is 71.3 Å². The van der Waals surface area contributed by atoms with Crippen LogP contribution in [0.2, 0.25) is 0 Å². The van der Waals surface area contributed by atoms with Crippen molar-refractivity contribution in [3.05, 3.63) is 11.6 Å². The average molecular weight is 517 g/mol. The summed E-state index contributed by atoms with van der Waals surface area (Å²) < 4.78 is 12.2. The molecule has 0 aromatic rings. The van der Waals surface area contributed by atoms with Gasteiger partial charge in [0.2, 0.25) is 0 Å². The van der Waals surface area contributed by atoms with E-state index in [1.165, 1.54) is 84.0 Å². The van der Waals surface area contributed by atoms with Crippen LogP contribution in [-0.2, 0) is 9.47 Å². The molecule has 4 nitrogen and oxygen atoms in total. The Labute approximate surface area is 229 Å². The van der Waals surface area contributed by atoms with Gasteiger partial charge in [-0.3, -0.25) is 4.90 Å². The molecule has 0 aromatic carbocycles. The molecule has 4 saturated heterocycles.